The monoisotopic (exact) mass is 311 g/mol. The van der Waals surface area contributed by atoms with Gasteiger partial charge in [-0.05, 0) is 22.9 Å². The van der Waals surface area contributed by atoms with Crippen molar-refractivity contribution in [1.29, 1.82) is 0 Å². The molecule has 0 aromatic carbocycles. The summed E-state index contributed by atoms with van der Waals surface area (Å²) in [6.45, 7) is 0. The fourth-order valence-electron chi connectivity index (χ4n) is 1.76. The minimum atomic E-state index is -0.581. The molecule has 1 aromatic rings. The van der Waals surface area contributed by atoms with Crippen molar-refractivity contribution in [2.24, 2.45) is 5.73 Å². The van der Waals surface area contributed by atoms with Crippen molar-refractivity contribution in [2.45, 2.75) is 29.7 Å². The molecule has 106 valence electrons. The lowest BCUT2D eigenvalue weighted by Gasteiger charge is -2.23. The first kappa shape index (κ1) is 14.9. The Labute approximate surface area is 123 Å². The molecule has 1 saturated heterocycles. The van der Waals surface area contributed by atoms with Gasteiger partial charge in [0, 0.05) is 19.0 Å². The Hall–Kier alpha value is -1.54. The predicted molar refractivity (Wildman–Crippen MR) is 76.4 cm³/mol. The Morgan fingerprint density at radius 3 is 2.60 bits per heavy atom. The van der Waals surface area contributed by atoms with E-state index in [9.17, 15) is 14.4 Å². The van der Waals surface area contributed by atoms with Gasteiger partial charge < -0.3 is 5.73 Å². The number of amides is 3. The number of aromatic nitrogens is 1. The molecule has 3 amide bonds. The van der Waals surface area contributed by atoms with E-state index in [0.717, 1.165) is 9.93 Å². The number of hydrogen-bond acceptors (Lipinski definition) is 6. The number of likely N-dealkylation sites (tertiary alicyclic amines) is 1. The van der Waals surface area contributed by atoms with Crippen molar-refractivity contribution >= 4 is 39.3 Å². The minimum Gasteiger partial charge on any atom is -0.370 e. The summed E-state index contributed by atoms with van der Waals surface area (Å²) in [6, 6.07) is 5.45. The summed E-state index contributed by atoms with van der Waals surface area (Å²) in [5, 5.41) is 0.160. The van der Waals surface area contributed by atoms with Crippen molar-refractivity contribution in [3.63, 3.8) is 0 Å². The lowest BCUT2D eigenvalue weighted by molar-refractivity contribution is -0.139. The molecule has 8 heteroatoms. The first-order valence-electron chi connectivity index (χ1n) is 5.95. The molecular formula is C12H13N3O3S2. The number of nitrogens with two attached hydrogens (primary N) is 1. The summed E-state index contributed by atoms with van der Waals surface area (Å²) in [6.07, 6.45) is 1.99. The molecule has 2 heterocycles. The number of nitrogens with zero attached hydrogens (tertiary/aromatic N) is 2. The molecule has 0 bridgehead atoms. The van der Waals surface area contributed by atoms with E-state index in [1.54, 1.807) is 12.3 Å². The van der Waals surface area contributed by atoms with Gasteiger partial charge in [-0.1, -0.05) is 16.9 Å². The van der Waals surface area contributed by atoms with Crippen LogP contribution in [0.3, 0.4) is 0 Å². The molecule has 0 spiro atoms. The SMILES string of the molecule is NC(=O)CC(SSc1ccccn1)N1C(=O)CCC1=O. The molecule has 0 radical (unpaired) electrons. The highest BCUT2D eigenvalue weighted by Crippen LogP contribution is 2.37. The van der Waals surface area contributed by atoms with Crippen molar-refractivity contribution in [3.8, 4) is 0 Å². The Morgan fingerprint density at radius 1 is 1.35 bits per heavy atom. The lowest BCUT2D eigenvalue weighted by Crippen LogP contribution is -2.39. The van der Waals surface area contributed by atoms with E-state index >= 15 is 0 Å². The van der Waals surface area contributed by atoms with E-state index < -0.39 is 11.3 Å². The highest BCUT2D eigenvalue weighted by molar-refractivity contribution is 8.76. The van der Waals surface area contributed by atoms with E-state index in [4.69, 9.17) is 5.73 Å². The fourth-order valence-corrected chi connectivity index (χ4v) is 4.14. The zero-order valence-corrected chi connectivity index (χ0v) is 12.2. The first-order chi connectivity index (χ1) is 9.58. The van der Waals surface area contributed by atoms with Crippen LogP contribution in [0.2, 0.25) is 0 Å². The average molecular weight is 311 g/mol. The molecule has 1 unspecified atom stereocenters. The molecule has 0 aliphatic carbocycles. The fraction of sp³-hybridized carbons (Fsp3) is 0.333. The van der Waals surface area contributed by atoms with Crippen LogP contribution in [0.15, 0.2) is 29.4 Å². The second-order valence-corrected chi connectivity index (χ2v) is 6.53. The largest absolute Gasteiger partial charge is 0.370 e. The van der Waals surface area contributed by atoms with Crippen molar-refractivity contribution < 1.29 is 14.4 Å². The third-order valence-electron chi connectivity index (χ3n) is 2.64. The Morgan fingerprint density at radius 2 is 2.05 bits per heavy atom. The summed E-state index contributed by atoms with van der Waals surface area (Å²) >= 11 is 0. The van der Waals surface area contributed by atoms with Crippen LogP contribution in [-0.4, -0.2) is 33.0 Å². The molecule has 1 aliphatic rings. The van der Waals surface area contributed by atoms with Crippen molar-refractivity contribution in [3.05, 3.63) is 24.4 Å². The summed E-state index contributed by atoms with van der Waals surface area (Å²) in [5.41, 5.74) is 5.19. The van der Waals surface area contributed by atoms with Gasteiger partial charge in [0.15, 0.2) is 0 Å². The van der Waals surface area contributed by atoms with E-state index in [2.05, 4.69) is 4.98 Å². The zero-order chi connectivity index (χ0) is 14.5. The van der Waals surface area contributed by atoms with E-state index in [0.29, 0.717) is 0 Å². The highest BCUT2D eigenvalue weighted by atomic mass is 33.1. The molecule has 2 rings (SSSR count). The Bertz CT molecular complexity index is 508. The maximum Gasteiger partial charge on any atom is 0.230 e. The van der Waals surface area contributed by atoms with Gasteiger partial charge >= 0.3 is 0 Å². The number of hydrogen-bond donors (Lipinski definition) is 1. The van der Waals surface area contributed by atoms with Gasteiger partial charge in [-0.3, -0.25) is 19.3 Å². The van der Waals surface area contributed by atoms with Gasteiger partial charge in [-0.2, -0.15) is 0 Å². The van der Waals surface area contributed by atoms with Crippen LogP contribution >= 0.6 is 21.6 Å². The molecule has 1 aromatic heterocycles. The maximum absolute atomic E-state index is 11.7. The van der Waals surface area contributed by atoms with Crippen LogP contribution in [0.1, 0.15) is 19.3 Å². The molecule has 6 nitrogen and oxygen atoms in total. The molecule has 2 N–H and O–H groups in total. The normalized spacial score (nSPS) is 16.5. The van der Waals surface area contributed by atoms with Crippen LogP contribution in [0, 0.1) is 0 Å². The predicted octanol–water partition coefficient (Wildman–Crippen LogP) is 1.17. The summed E-state index contributed by atoms with van der Waals surface area (Å²) in [4.78, 5) is 39.9. The van der Waals surface area contributed by atoms with Crippen molar-refractivity contribution in [1.82, 2.24) is 9.88 Å². The van der Waals surface area contributed by atoms with Gasteiger partial charge in [0.1, 0.15) is 10.4 Å². The number of pyridine rings is 1. The van der Waals surface area contributed by atoms with Crippen LogP contribution in [0.25, 0.3) is 0 Å². The second kappa shape index (κ2) is 6.76. The number of imide groups is 1. The molecule has 20 heavy (non-hydrogen) atoms. The van der Waals surface area contributed by atoms with Gasteiger partial charge in [-0.15, -0.1) is 0 Å². The van der Waals surface area contributed by atoms with Gasteiger partial charge in [0.05, 0.1) is 6.42 Å². The highest BCUT2D eigenvalue weighted by Gasteiger charge is 2.36. The van der Waals surface area contributed by atoms with E-state index in [1.807, 2.05) is 12.1 Å². The number of carbonyl (C=O) groups excluding carboxylic acids is 3. The summed E-state index contributed by atoms with van der Waals surface area (Å²) in [7, 11) is 2.56. The first-order valence-corrected chi connectivity index (χ1v) is 8.17. The molecule has 1 aliphatic heterocycles. The molecule has 1 atom stereocenters. The third kappa shape index (κ3) is 3.73. The molecule has 1 fully saturated rings. The average Bonchev–Trinajstić information content (AvgIpc) is 2.75. The van der Waals surface area contributed by atoms with E-state index in [-0.39, 0.29) is 31.1 Å². The summed E-state index contributed by atoms with van der Waals surface area (Å²) in [5.74, 6) is -1.05. The topological polar surface area (TPSA) is 93.4 Å². The van der Waals surface area contributed by atoms with Gasteiger partial charge in [0.2, 0.25) is 17.7 Å². The number of rotatable bonds is 6. The quantitative estimate of drug-likeness (QED) is 0.626. The van der Waals surface area contributed by atoms with Gasteiger partial charge in [0.25, 0.3) is 0 Å². The number of primary amides is 1. The van der Waals surface area contributed by atoms with Gasteiger partial charge in [-0.25, -0.2) is 4.98 Å². The van der Waals surface area contributed by atoms with Crippen molar-refractivity contribution in [2.75, 3.05) is 0 Å². The standard InChI is InChI=1S/C12H13N3O3S2/c13-8(16)7-12(15-10(17)4-5-11(15)18)20-19-9-3-1-2-6-14-9/h1-3,6,12H,4-5,7H2,(H2,13,16). The second-order valence-electron chi connectivity index (χ2n) is 4.13. The van der Waals surface area contributed by atoms with Crippen LogP contribution in [0.4, 0.5) is 0 Å². The molecular weight excluding hydrogens is 298 g/mol. The van der Waals surface area contributed by atoms with Crippen LogP contribution in [0.5, 0.6) is 0 Å². The zero-order valence-electron chi connectivity index (χ0n) is 10.5. The summed E-state index contributed by atoms with van der Waals surface area (Å²) < 4.78 is 0. The Balaban J connectivity index is 2.05. The minimum absolute atomic E-state index is 0.0536. The van der Waals surface area contributed by atoms with E-state index in [1.165, 1.54) is 21.6 Å². The Kier molecular flexibility index (Phi) is 5.02. The molecule has 0 saturated carbocycles. The van der Waals surface area contributed by atoms with Crippen LogP contribution < -0.4 is 5.73 Å². The smallest absolute Gasteiger partial charge is 0.230 e. The number of carbonyl (C=O) groups is 3. The third-order valence-corrected chi connectivity index (χ3v) is 5.21. The maximum atomic E-state index is 11.7. The van der Waals surface area contributed by atoms with Crippen LogP contribution in [-0.2, 0) is 14.4 Å². The lowest BCUT2D eigenvalue weighted by atomic mass is 10.3.